The molecule has 114 valence electrons. The van der Waals surface area contributed by atoms with Gasteiger partial charge >= 0.3 is 0 Å². The maximum Gasteiger partial charge on any atom is 0.00472 e. The molecular weight excluding hydrogens is 232 g/mol. The van der Waals surface area contributed by atoms with Gasteiger partial charge in [0.25, 0.3) is 0 Å². The van der Waals surface area contributed by atoms with Crippen LogP contribution in [0, 0.1) is 17.3 Å². The lowest BCUT2D eigenvalue weighted by molar-refractivity contribution is 0.0938. The molecule has 0 unspecified atom stereocenters. The second kappa shape index (κ2) is 8.26. The molecule has 0 bridgehead atoms. The van der Waals surface area contributed by atoms with Crippen LogP contribution in [0.1, 0.15) is 59.8 Å². The van der Waals surface area contributed by atoms with Crippen molar-refractivity contribution in [3.8, 4) is 0 Å². The number of rotatable bonds is 8. The van der Waals surface area contributed by atoms with Gasteiger partial charge in [-0.1, -0.05) is 40.5 Å². The molecule has 0 aromatic rings. The van der Waals surface area contributed by atoms with Crippen LogP contribution < -0.4 is 5.32 Å². The Morgan fingerprint density at radius 2 is 1.89 bits per heavy atom. The first-order valence-electron chi connectivity index (χ1n) is 8.36. The van der Waals surface area contributed by atoms with Gasteiger partial charge in [-0.05, 0) is 50.1 Å². The largest absolute Gasteiger partial charge is 0.316 e. The maximum absolute atomic E-state index is 3.69. The van der Waals surface area contributed by atoms with Crippen molar-refractivity contribution in [2.24, 2.45) is 17.3 Å². The predicted octanol–water partition coefficient (Wildman–Crippen LogP) is 3.77. The summed E-state index contributed by atoms with van der Waals surface area (Å²) in [5.74, 6) is 1.71. The fourth-order valence-electron chi connectivity index (χ4n) is 3.56. The molecule has 1 saturated carbocycles. The highest BCUT2D eigenvalue weighted by Crippen LogP contribution is 2.39. The highest BCUT2D eigenvalue weighted by molar-refractivity contribution is 4.89. The molecule has 19 heavy (non-hydrogen) atoms. The summed E-state index contributed by atoms with van der Waals surface area (Å²) < 4.78 is 0. The Morgan fingerprint density at radius 3 is 2.42 bits per heavy atom. The molecule has 1 aliphatic rings. The van der Waals surface area contributed by atoms with Gasteiger partial charge in [0.05, 0.1) is 0 Å². The zero-order valence-electron chi connectivity index (χ0n) is 14.0. The van der Waals surface area contributed by atoms with Crippen molar-refractivity contribution < 1.29 is 0 Å². The minimum Gasteiger partial charge on any atom is -0.316 e. The Bertz CT molecular complexity index is 229. The molecule has 1 fully saturated rings. The zero-order chi connectivity index (χ0) is 14.3. The minimum atomic E-state index is 0.533. The molecule has 2 heteroatoms. The van der Waals surface area contributed by atoms with Gasteiger partial charge in [-0.2, -0.15) is 0 Å². The Morgan fingerprint density at radius 1 is 1.26 bits per heavy atom. The van der Waals surface area contributed by atoms with E-state index in [1.165, 1.54) is 58.3 Å². The maximum atomic E-state index is 3.69. The first-order chi connectivity index (χ1) is 8.97. The summed E-state index contributed by atoms with van der Waals surface area (Å²) in [6, 6.07) is 0. The SMILES string of the molecule is CCCNCC1(CN(C)CC(C)C)CCC(C)CC1. The summed E-state index contributed by atoms with van der Waals surface area (Å²) in [6.07, 6.45) is 6.90. The average Bonchev–Trinajstić information content (AvgIpc) is 2.32. The Labute approximate surface area is 121 Å². The van der Waals surface area contributed by atoms with Crippen molar-refractivity contribution in [2.75, 3.05) is 33.2 Å². The summed E-state index contributed by atoms with van der Waals surface area (Å²) in [4.78, 5) is 2.56. The molecule has 0 aliphatic heterocycles. The number of hydrogen-bond donors (Lipinski definition) is 1. The van der Waals surface area contributed by atoms with Crippen LogP contribution in [0.5, 0.6) is 0 Å². The lowest BCUT2D eigenvalue weighted by atomic mass is 9.70. The third-order valence-corrected chi connectivity index (χ3v) is 4.54. The topological polar surface area (TPSA) is 15.3 Å². The van der Waals surface area contributed by atoms with Gasteiger partial charge in [-0.3, -0.25) is 0 Å². The molecule has 0 aromatic heterocycles. The zero-order valence-corrected chi connectivity index (χ0v) is 14.0. The second-order valence-corrected chi connectivity index (χ2v) is 7.45. The van der Waals surface area contributed by atoms with Gasteiger partial charge in [-0.25, -0.2) is 0 Å². The van der Waals surface area contributed by atoms with E-state index in [4.69, 9.17) is 0 Å². The smallest absolute Gasteiger partial charge is 0.00472 e. The fraction of sp³-hybridized carbons (Fsp3) is 1.00. The Kier molecular flexibility index (Phi) is 7.38. The minimum absolute atomic E-state index is 0.533. The van der Waals surface area contributed by atoms with Gasteiger partial charge in [0.15, 0.2) is 0 Å². The van der Waals surface area contributed by atoms with E-state index in [9.17, 15) is 0 Å². The van der Waals surface area contributed by atoms with Crippen molar-refractivity contribution in [1.29, 1.82) is 0 Å². The lowest BCUT2D eigenvalue weighted by Crippen LogP contribution is -2.46. The van der Waals surface area contributed by atoms with E-state index in [1.54, 1.807) is 0 Å². The Hall–Kier alpha value is -0.0800. The van der Waals surface area contributed by atoms with Crippen molar-refractivity contribution in [1.82, 2.24) is 10.2 Å². The van der Waals surface area contributed by atoms with Crippen LogP contribution in [0.2, 0.25) is 0 Å². The van der Waals surface area contributed by atoms with Gasteiger partial charge in [-0.15, -0.1) is 0 Å². The number of nitrogens with one attached hydrogen (secondary N) is 1. The van der Waals surface area contributed by atoms with Gasteiger partial charge in [0, 0.05) is 19.6 Å². The molecule has 0 saturated heterocycles. The summed E-state index contributed by atoms with van der Waals surface area (Å²) in [6.45, 7) is 14.2. The van der Waals surface area contributed by atoms with Gasteiger partial charge < -0.3 is 10.2 Å². The van der Waals surface area contributed by atoms with Crippen molar-refractivity contribution in [3.05, 3.63) is 0 Å². The number of nitrogens with zero attached hydrogens (tertiary/aromatic N) is 1. The highest BCUT2D eigenvalue weighted by atomic mass is 15.1. The van der Waals surface area contributed by atoms with Crippen LogP contribution in [-0.2, 0) is 0 Å². The molecule has 1 rings (SSSR count). The van der Waals surface area contributed by atoms with Crippen molar-refractivity contribution >= 4 is 0 Å². The second-order valence-electron chi connectivity index (χ2n) is 7.45. The van der Waals surface area contributed by atoms with E-state index in [-0.39, 0.29) is 0 Å². The van der Waals surface area contributed by atoms with E-state index in [1.807, 2.05) is 0 Å². The third kappa shape index (κ3) is 6.27. The van der Waals surface area contributed by atoms with Gasteiger partial charge in [0.2, 0.25) is 0 Å². The van der Waals surface area contributed by atoms with Crippen LogP contribution in [0.3, 0.4) is 0 Å². The van der Waals surface area contributed by atoms with E-state index in [2.05, 4.69) is 45.0 Å². The molecule has 1 N–H and O–H groups in total. The standard InChI is InChI=1S/C17H36N2/c1-6-11-18-13-17(9-7-16(4)8-10-17)14-19(5)12-15(2)3/h15-16,18H,6-14H2,1-5H3. The molecule has 0 atom stereocenters. The molecule has 0 heterocycles. The Balaban J connectivity index is 2.53. The van der Waals surface area contributed by atoms with Crippen molar-refractivity contribution in [3.63, 3.8) is 0 Å². The van der Waals surface area contributed by atoms with Crippen LogP contribution in [0.4, 0.5) is 0 Å². The normalized spacial score (nSPS) is 28.3. The summed E-state index contributed by atoms with van der Waals surface area (Å²) >= 11 is 0. The lowest BCUT2D eigenvalue weighted by Gasteiger charge is -2.42. The number of hydrogen-bond acceptors (Lipinski definition) is 2. The summed E-state index contributed by atoms with van der Waals surface area (Å²) in [5, 5.41) is 3.69. The fourth-order valence-corrected chi connectivity index (χ4v) is 3.56. The van der Waals surface area contributed by atoms with E-state index < -0.39 is 0 Å². The third-order valence-electron chi connectivity index (χ3n) is 4.54. The first kappa shape index (κ1) is 17.0. The molecule has 0 radical (unpaired) electrons. The molecular formula is C17H36N2. The van der Waals surface area contributed by atoms with Crippen LogP contribution in [0.15, 0.2) is 0 Å². The average molecular weight is 268 g/mol. The van der Waals surface area contributed by atoms with Crippen molar-refractivity contribution in [2.45, 2.75) is 59.8 Å². The molecule has 0 amide bonds. The first-order valence-corrected chi connectivity index (χ1v) is 8.36. The van der Waals surface area contributed by atoms with E-state index in [0.29, 0.717) is 5.41 Å². The molecule has 0 aromatic carbocycles. The summed E-state index contributed by atoms with van der Waals surface area (Å²) in [5.41, 5.74) is 0.533. The molecule has 1 aliphatic carbocycles. The van der Waals surface area contributed by atoms with E-state index in [0.717, 1.165) is 11.8 Å². The van der Waals surface area contributed by atoms with Crippen LogP contribution in [-0.4, -0.2) is 38.1 Å². The van der Waals surface area contributed by atoms with Gasteiger partial charge in [0.1, 0.15) is 0 Å². The quantitative estimate of drug-likeness (QED) is 0.674. The summed E-state index contributed by atoms with van der Waals surface area (Å²) in [7, 11) is 2.31. The monoisotopic (exact) mass is 268 g/mol. The van der Waals surface area contributed by atoms with Crippen LogP contribution in [0.25, 0.3) is 0 Å². The van der Waals surface area contributed by atoms with E-state index >= 15 is 0 Å². The molecule has 0 spiro atoms. The highest BCUT2D eigenvalue weighted by Gasteiger charge is 2.34. The molecule has 2 nitrogen and oxygen atoms in total. The predicted molar refractivity (Wildman–Crippen MR) is 85.6 cm³/mol. The van der Waals surface area contributed by atoms with Crippen LogP contribution >= 0.6 is 0 Å².